The van der Waals surface area contributed by atoms with Gasteiger partial charge in [-0.05, 0) is 48.4 Å². The quantitative estimate of drug-likeness (QED) is 0.656. The fourth-order valence-corrected chi connectivity index (χ4v) is 2.47. The van der Waals surface area contributed by atoms with Crippen molar-refractivity contribution in [2.45, 2.75) is 13.0 Å². The summed E-state index contributed by atoms with van der Waals surface area (Å²) in [6.45, 7) is 1.94. The Balaban J connectivity index is 1.62. The third-order valence-corrected chi connectivity index (χ3v) is 3.81. The van der Waals surface area contributed by atoms with Crippen molar-refractivity contribution in [1.29, 1.82) is 0 Å². The molecule has 0 fully saturated rings. The highest BCUT2D eigenvalue weighted by molar-refractivity contribution is 5.91. The highest BCUT2D eigenvalue weighted by Gasteiger charge is 2.09. The summed E-state index contributed by atoms with van der Waals surface area (Å²) in [4.78, 5) is 16.2. The van der Waals surface area contributed by atoms with Crippen LogP contribution in [0.25, 0.3) is 6.08 Å². The molecule has 0 unspecified atom stereocenters. The average Bonchev–Trinajstić information content (AvgIpc) is 2.68. The minimum absolute atomic E-state index is 0.139. The maximum absolute atomic E-state index is 12.1. The summed E-state index contributed by atoms with van der Waals surface area (Å²) in [6.07, 6.45) is 6.70. The fourth-order valence-electron chi connectivity index (χ4n) is 2.47. The smallest absolute Gasteiger partial charge is 0.244 e. The van der Waals surface area contributed by atoms with Crippen LogP contribution in [0.3, 0.4) is 0 Å². The molecule has 4 heteroatoms. The lowest BCUT2D eigenvalue weighted by molar-refractivity contribution is -0.117. The molecule has 1 N–H and O–H groups in total. The summed E-state index contributed by atoms with van der Waals surface area (Å²) < 4.78 is 5.79. The largest absolute Gasteiger partial charge is 0.456 e. The third kappa shape index (κ3) is 5.05. The highest BCUT2D eigenvalue weighted by atomic mass is 16.5. The molecule has 3 aromatic rings. The lowest BCUT2D eigenvalue weighted by atomic mass is 10.1. The van der Waals surface area contributed by atoms with E-state index in [4.69, 9.17) is 4.74 Å². The Hall–Kier alpha value is -3.40. The molecule has 2 aromatic carbocycles. The predicted octanol–water partition coefficient (Wildman–Crippen LogP) is 4.76. The second kappa shape index (κ2) is 8.62. The van der Waals surface area contributed by atoms with Gasteiger partial charge in [-0.15, -0.1) is 0 Å². The van der Waals surface area contributed by atoms with E-state index in [0.29, 0.717) is 11.5 Å². The van der Waals surface area contributed by atoms with E-state index in [-0.39, 0.29) is 11.9 Å². The molecule has 0 saturated carbocycles. The minimum atomic E-state index is -0.139. The summed E-state index contributed by atoms with van der Waals surface area (Å²) in [5, 5.41) is 2.96. The van der Waals surface area contributed by atoms with Crippen LogP contribution < -0.4 is 10.1 Å². The molecule has 0 aliphatic carbocycles. The molecular formula is C22H20N2O2. The Morgan fingerprint density at radius 1 is 1.04 bits per heavy atom. The number of rotatable bonds is 6. The maximum Gasteiger partial charge on any atom is 0.244 e. The van der Waals surface area contributed by atoms with E-state index in [1.54, 1.807) is 24.5 Å². The summed E-state index contributed by atoms with van der Waals surface area (Å²) in [5.41, 5.74) is 1.95. The van der Waals surface area contributed by atoms with Crippen molar-refractivity contribution in [1.82, 2.24) is 10.3 Å². The second-order valence-corrected chi connectivity index (χ2v) is 5.84. The molecule has 0 saturated heterocycles. The van der Waals surface area contributed by atoms with E-state index in [9.17, 15) is 4.79 Å². The minimum Gasteiger partial charge on any atom is -0.456 e. The first-order valence-electron chi connectivity index (χ1n) is 8.42. The number of carbonyl (C=O) groups is 1. The Bertz CT molecular complexity index is 877. The van der Waals surface area contributed by atoms with Gasteiger partial charge in [-0.25, -0.2) is 0 Å². The molecule has 1 heterocycles. The van der Waals surface area contributed by atoms with Gasteiger partial charge >= 0.3 is 0 Å². The van der Waals surface area contributed by atoms with Crippen LogP contribution in [0.2, 0.25) is 0 Å². The second-order valence-electron chi connectivity index (χ2n) is 5.84. The first kappa shape index (κ1) is 17.4. The van der Waals surface area contributed by atoms with Crippen LogP contribution in [-0.4, -0.2) is 10.9 Å². The van der Waals surface area contributed by atoms with Crippen molar-refractivity contribution >= 4 is 12.0 Å². The number of nitrogens with one attached hydrogen (secondary N) is 1. The van der Waals surface area contributed by atoms with Gasteiger partial charge in [0.05, 0.1) is 12.2 Å². The lowest BCUT2D eigenvalue weighted by Gasteiger charge is -2.14. The molecule has 26 heavy (non-hydrogen) atoms. The number of benzene rings is 2. The number of amides is 1. The van der Waals surface area contributed by atoms with Crippen LogP contribution in [0.4, 0.5) is 0 Å². The topological polar surface area (TPSA) is 51.2 Å². The van der Waals surface area contributed by atoms with Gasteiger partial charge in [-0.1, -0.05) is 42.5 Å². The predicted molar refractivity (Wildman–Crippen MR) is 103 cm³/mol. The van der Waals surface area contributed by atoms with Gasteiger partial charge in [-0.3, -0.25) is 9.78 Å². The van der Waals surface area contributed by atoms with E-state index in [2.05, 4.69) is 10.3 Å². The van der Waals surface area contributed by atoms with Gasteiger partial charge in [0.1, 0.15) is 11.5 Å². The number of hydrogen-bond donors (Lipinski definition) is 1. The first-order valence-corrected chi connectivity index (χ1v) is 8.42. The van der Waals surface area contributed by atoms with Crippen molar-refractivity contribution in [3.8, 4) is 11.5 Å². The molecule has 1 aromatic heterocycles. The van der Waals surface area contributed by atoms with E-state index in [1.165, 1.54) is 0 Å². The van der Waals surface area contributed by atoms with Crippen molar-refractivity contribution in [2.24, 2.45) is 0 Å². The molecule has 0 bridgehead atoms. The van der Waals surface area contributed by atoms with Crippen molar-refractivity contribution in [3.05, 3.63) is 96.3 Å². The van der Waals surface area contributed by atoms with Gasteiger partial charge in [0, 0.05) is 12.3 Å². The molecule has 4 nitrogen and oxygen atoms in total. The molecule has 0 spiro atoms. The summed E-state index contributed by atoms with van der Waals surface area (Å²) in [7, 11) is 0. The van der Waals surface area contributed by atoms with Gasteiger partial charge in [0.25, 0.3) is 0 Å². The monoisotopic (exact) mass is 344 g/mol. The SMILES string of the molecule is C[C@H](NC(=O)C=Cc1ccccc1)c1cccc(Oc2cccnc2)c1. The number of nitrogens with zero attached hydrogens (tertiary/aromatic N) is 1. The van der Waals surface area contributed by atoms with Crippen molar-refractivity contribution in [2.75, 3.05) is 0 Å². The highest BCUT2D eigenvalue weighted by Crippen LogP contribution is 2.24. The van der Waals surface area contributed by atoms with Crippen LogP contribution >= 0.6 is 0 Å². The molecule has 1 amide bonds. The zero-order chi connectivity index (χ0) is 18.2. The maximum atomic E-state index is 12.1. The molecular weight excluding hydrogens is 324 g/mol. The Morgan fingerprint density at radius 3 is 2.62 bits per heavy atom. The van der Waals surface area contributed by atoms with E-state index < -0.39 is 0 Å². The summed E-state index contributed by atoms with van der Waals surface area (Å²) in [5.74, 6) is 1.24. The van der Waals surface area contributed by atoms with Crippen molar-refractivity contribution < 1.29 is 9.53 Å². The van der Waals surface area contributed by atoms with Crippen molar-refractivity contribution in [3.63, 3.8) is 0 Å². The Labute approximate surface area is 153 Å². The van der Waals surface area contributed by atoms with Gasteiger partial charge < -0.3 is 10.1 Å². The lowest BCUT2D eigenvalue weighted by Crippen LogP contribution is -2.24. The van der Waals surface area contributed by atoms with Crippen LogP contribution in [0.15, 0.2) is 85.2 Å². The molecule has 0 radical (unpaired) electrons. The zero-order valence-corrected chi connectivity index (χ0v) is 14.5. The standard InChI is InChI=1S/C22H20N2O2/c1-17(24-22(25)13-12-18-7-3-2-4-8-18)19-9-5-10-20(15-19)26-21-11-6-14-23-16-21/h2-17H,1H3,(H,24,25)/t17-/m0/s1. The Morgan fingerprint density at radius 2 is 1.85 bits per heavy atom. The molecule has 0 aliphatic rings. The Kier molecular flexibility index (Phi) is 5.78. The molecule has 130 valence electrons. The van der Waals surface area contributed by atoms with E-state index in [0.717, 1.165) is 11.1 Å². The number of aromatic nitrogens is 1. The molecule has 0 aliphatic heterocycles. The van der Waals surface area contributed by atoms with E-state index in [1.807, 2.05) is 73.7 Å². The fraction of sp³-hybridized carbons (Fsp3) is 0.0909. The van der Waals surface area contributed by atoms with Gasteiger partial charge in [0.15, 0.2) is 0 Å². The van der Waals surface area contributed by atoms with Crippen LogP contribution in [-0.2, 0) is 4.79 Å². The van der Waals surface area contributed by atoms with Gasteiger partial charge in [0.2, 0.25) is 5.91 Å². The number of ether oxygens (including phenoxy) is 1. The zero-order valence-electron chi connectivity index (χ0n) is 14.5. The summed E-state index contributed by atoms with van der Waals surface area (Å²) >= 11 is 0. The van der Waals surface area contributed by atoms with Gasteiger partial charge in [-0.2, -0.15) is 0 Å². The average molecular weight is 344 g/mol. The number of hydrogen-bond acceptors (Lipinski definition) is 3. The first-order chi connectivity index (χ1) is 12.7. The third-order valence-electron chi connectivity index (χ3n) is 3.81. The van der Waals surface area contributed by atoms with Crippen LogP contribution in [0.5, 0.6) is 11.5 Å². The molecule has 1 atom stereocenters. The normalized spacial score (nSPS) is 11.9. The van der Waals surface area contributed by atoms with E-state index >= 15 is 0 Å². The number of pyridine rings is 1. The summed E-state index contributed by atoms with van der Waals surface area (Å²) in [6, 6.07) is 20.9. The van der Waals surface area contributed by atoms with Crippen LogP contribution in [0.1, 0.15) is 24.1 Å². The van der Waals surface area contributed by atoms with Crippen LogP contribution in [0, 0.1) is 0 Å². The molecule has 3 rings (SSSR count). The number of carbonyl (C=O) groups excluding carboxylic acids is 1.